The van der Waals surface area contributed by atoms with E-state index in [9.17, 15) is 9.59 Å². The summed E-state index contributed by atoms with van der Waals surface area (Å²) in [6.07, 6.45) is 1.73. The van der Waals surface area contributed by atoms with Gasteiger partial charge in [0, 0.05) is 13.1 Å². The molecule has 1 rings (SSSR count). The molecule has 1 atom stereocenters. The highest BCUT2D eigenvalue weighted by molar-refractivity contribution is 5.78. The van der Waals surface area contributed by atoms with Crippen molar-refractivity contribution in [2.24, 2.45) is 5.92 Å². The van der Waals surface area contributed by atoms with Crippen molar-refractivity contribution in [1.82, 2.24) is 10.2 Å². The third-order valence-electron chi connectivity index (χ3n) is 2.75. The molecule has 0 saturated carbocycles. The largest absolute Gasteiger partial charge is 0.469 e. The molecule has 0 aromatic rings. The van der Waals surface area contributed by atoms with Crippen LogP contribution in [0.3, 0.4) is 0 Å². The Bertz CT molecular complexity index is 256. The minimum atomic E-state index is -0.170. The van der Waals surface area contributed by atoms with E-state index in [1.807, 2.05) is 11.8 Å². The maximum Gasteiger partial charge on any atom is 0.310 e. The van der Waals surface area contributed by atoms with E-state index in [0.717, 1.165) is 19.4 Å². The van der Waals surface area contributed by atoms with E-state index in [1.165, 1.54) is 7.11 Å². The Morgan fingerprint density at radius 3 is 2.88 bits per heavy atom. The molecule has 0 aromatic heterocycles. The molecule has 0 bridgehead atoms. The van der Waals surface area contributed by atoms with Crippen molar-refractivity contribution in [2.75, 3.05) is 33.3 Å². The van der Waals surface area contributed by atoms with Gasteiger partial charge in [-0.15, -0.1) is 0 Å². The zero-order valence-electron chi connectivity index (χ0n) is 9.99. The fourth-order valence-electron chi connectivity index (χ4n) is 1.86. The van der Waals surface area contributed by atoms with Gasteiger partial charge in [-0.05, 0) is 19.4 Å². The summed E-state index contributed by atoms with van der Waals surface area (Å²) in [6.45, 7) is 4.54. The van der Waals surface area contributed by atoms with Gasteiger partial charge in [0.1, 0.15) is 0 Å². The first-order valence-corrected chi connectivity index (χ1v) is 5.74. The number of methoxy groups -OCH3 is 1. The van der Waals surface area contributed by atoms with Gasteiger partial charge in [-0.25, -0.2) is 0 Å². The summed E-state index contributed by atoms with van der Waals surface area (Å²) in [5, 5.41) is 2.82. The molecule has 1 aliphatic heterocycles. The standard InChI is InChI=1S/C11H20N2O3/c1-3-5-12-10(14)8-13-6-4-9(7-13)11(15)16-2/h9H,3-8H2,1-2H3,(H,12,14). The highest BCUT2D eigenvalue weighted by Crippen LogP contribution is 2.16. The van der Waals surface area contributed by atoms with Crippen molar-refractivity contribution in [3.05, 3.63) is 0 Å². The predicted molar refractivity (Wildman–Crippen MR) is 59.9 cm³/mol. The predicted octanol–water partition coefficient (Wildman–Crippen LogP) is 0.00750. The molecule has 1 saturated heterocycles. The summed E-state index contributed by atoms with van der Waals surface area (Å²) >= 11 is 0. The number of carbonyl (C=O) groups is 2. The lowest BCUT2D eigenvalue weighted by Gasteiger charge is -2.14. The van der Waals surface area contributed by atoms with E-state index >= 15 is 0 Å². The van der Waals surface area contributed by atoms with Gasteiger partial charge < -0.3 is 10.1 Å². The van der Waals surface area contributed by atoms with Gasteiger partial charge in [0.15, 0.2) is 0 Å². The molecule has 5 heteroatoms. The Morgan fingerprint density at radius 2 is 2.25 bits per heavy atom. The van der Waals surface area contributed by atoms with E-state index in [-0.39, 0.29) is 17.8 Å². The van der Waals surface area contributed by atoms with Crippen LogP contribution in [0.25, 0.3) is 0 Å². The van der Waals surface area contributed by atoms with Crippen LogP contribution in [0, 0.1) is 5.92 Å². The molecule has 92 valence electrons. The van der Waals surface area contributed by atoms with Crippen molar-refractivity contribution in [2.45, 2.75) is 19.8 Å². The number of hydrogen-bond acceptors (Lipinski definition) is 4. The molecule has 1 fully saturated rings. The van der Waals surface area contributed by atoms with Crippen LogP contribution in [0.5, 0.6) is 0 Å². The van der Waals surface area contributed by atoms with Gasteiger partial charge >= 0.3 is 5.97 Å². The van der Waals surface area contributed by atoms with Gasteiger partial charge in [0.05, 0.1) is 19.6 Å². The molecule has 16 heavy (non-hydrogen) atoms. The molecule has 0 aliphatic carbocycles. The lowest BCUT2D eigenvalue weighted by Crippen LogP contribution is -2.36. The van der Waals surface area contributed by atoms with Gasteiger partial charge in [0.25, 0.3) is 0 Å². The van der Waals surface area contributed by atoms with Crippen LogP contribution >= 0.6 is 0 Å². The molecule has 0 radical (unpaired) electrons. The average molecular weight is 228 g/mol. The van der Waals surface area contributed by atoms with Crippen LogP contribution in [-0.2, 0) is 14.3 Å². The van der Waals surface area contributed by atoms with Crippen molar-refractivity contribution < 1.29 is 14.3 Å². The lowest BCUT2D eigenvalue weighted by molar-refractivity contribution is -0.145. The normalized spacial score (nSPS) is 20.8. The zero-order chi connectivity index (χ0) is 12.0. The third kappa shape index (κ3) is 3.81. The number of likely N-dealkylation sites (tertiary alicyclic amines) is 1. The number of rotatable bonds is 5. The monoisotopic (exact) mass is 228 g/mol. The molecular weight excluding hydrogens is 208 g/mol. The van der Waals surface area contributed by atoms with Crippen LogP contribution in [0.1, 0.15) is 19.8 Å². The fraction of sp³-hybridized carbons (Fsp3) is 0.818. The first kappa shape index (κ1) is 13.0. The fourth-order valence-corrected chi connectivity index (χ4v) is 1.86. The van der Waals surface area contributed by atoms with E-state index in [4.69, 9.17) is 0 Å². The van der Waals surface area contributed by atoms with Crippen LogP contribution in [0.4, 0.5) is 0 Å². The van der Waals surface area contributed by atoms with E-state index in [1.54, 1.807) is 0 Å². The summed E-state index contributed by atoms with van der Waals surface area (Å²) in [6, 6.07) is 0. The van der Waals surface area contributed by atoms with E-state index in [0.29, 0.717) is 19.6 Å². The van der Waals surface area contributed by atoms with Gasteiger partial charge in [0.2, 0.25) is 5.91 Å². The SMILES string of the molecule is CCCNC(=O)CN1CCC(C(=O)OC)C1. The molecule has 5 nitrogen and oxygen atoms in total. The summed E-state index contributed by atoms with van der Waals surface area (Å²) in [7, 11) is 1.40. The maximum absolute atomic E-state index is 11.4. The summed E-state index contributed by atoms with van der Waals surface area (Å²) in [5.41, 5.74) is 0. The quantitative estimate of drug-likeness (QED) is 0.673. The smallest absolute Gasteiger partial charge is 0.310 e. The molecule has 1 amide bonds. The van der Waals surface area contributed by atoms with Crippen LogP contribution in [0.15, 0.2) is 0 Å². The number of carbonyl (C=O) groups excluding carboxylic acids is 2. The molecule has 1 unspecified atom stereocenters. The van der Waals surface area contributed by atoms with E-state index < -0.39 is 0 Å². The molecule has 0 spiro atoms. The Labute approximate surface area is 96.1 Å². The highest BCUT2D eigenvalue weighted by Gasteiger charge is 2.29. The second kappa shape index (κ2) is 6.48. The number of esters is 1. The summed E-state index contributed by atoms with van der Waals surface area (Å²) in [4.78, 5) is 24.7. The Kier molecular flexibility index (Phi) is 5.25. The van der Waals surface area contributed by atoms with Crippen molar-refractivity contribution in [3.8, 4) is 0 Å². The Morgan fingerprint density at radius 1 is 1.50 bits per heavy atom. The molecule has 0 aromatic carbocycles. The van der Waals surface area contributed by atoms with E-state index in [2.05, 4.69) is 10.1 Å². The van der Waals surface area contributed by atoms with Gasteiger partial charge in [-0.2, -0.15) is 0 Å². The number of amides is 1. The van der Waals surface area contributed by atoms with Gasteiger partial charge in [-0.1, -0.05) is 6.92 Å². The maximum atomic E-state index is 11.4. The topological polar surface area (TPSA) is 58.6 Å². The molecule has 1 N–H and O–H groups in total. The van der Waals surface area contributed by atoms with Crippen molar-refractivity contribution >= 4 is 11.9 Å². The molecule has 1 aliphatic rings. The summed E-state index contributed by atoms with van der Waals surface area (Å²) in [5.74, 6) is -0.201. The van der Waals surface area contributed by atoms with Crippen LogP contribution < -0.4 is 5.32 Å². The highest BCUT2D eigenvalue weighted by atomic mass is 16.5. The van der Waals surface area contributed by atoms with Gasteiger partial charge in [-0.3, -0.25) is 14.5 Å². The number of nitrogens with zero attached hydrogens (tertiary/aromatic N) is 1. The first-order valence-electron chi connectivity index (χ1n) is 5.74. The minimum absolute atomic E-state index is 0.0346. The Hall–Kier alpha value is -1.10. The summed E-state index contributed by atoms with van der Waals surface area (Å²) < 4.78 is 4.69. The lowest BCUT2D eigenvalue weighted by atomic mass is 10.1. The van der Waals surface area contributed by atoms with Crippen LogP contribution in [-0.4, -0.2) is 50.1 Å². The number of hydrogen-bond donors (Lipinski definition) is 1. The van der Waals surface area contributed by atoms with Crippen molar-refractivity contribution in [1.29, 1.82) is 0 Å². The van der Waals surface area contributed by atoms with Crippen molar-refractivity contribution in [3.63, 3.8) is 0 Å². The minimum Gasteiger partial charge on any atom is -0.469 e. The number of nitrogens with one attached hydrogen (secondary N) is 1. The first-order chi connectivity index (χ1) is 7.67. The number of ether oxygens (including phenoxy) is 1. The average Bonchev–Trinajstić information content (AvgIpc) is 2.73. The zero-order valence-corrected chi connectivity index (χ0v) is 9.99. The molecule has 1 heterocycles. The van der Waals surface area contributed by atoms with Crippen LogP contribution in [0.2, 0.25) is 0 Å². The second-order valence-corrected chi connectivity index (χ2v) is 4.09. The second-order valence-electron chi connectivity index (χ2n) is 4.09. The third-order valence-corrected chi connectivity index (χ3v) is 2.75. The molecular formula is C11H20N2O3. The Balaban J connectivity index is 2.25.